The van der Waals surface area contributed by atoms with Crippen LogP contribution in [0.5, 0.6) is 5.75 Å². The molecule has 0 heterocycles. The van der Waals surface area contributed by atoms with Gasteiger partial charge in [-0.2, -0.15) is 21.6 Å². The fourth-order valence-corrected chi connectivity index (χ4v) is 4.40. The van der Waals surface area contributed by atoms with Crippen LogP contribution in [0.25, 0.3) is 0 Å². The molecule has 0 N–H and O–H groups in total. The lowest BCUT2D eigenvalue weighted by Gasteiger charge is -2.22. The highest BCUT2D eigenvalue weighted by molar-refractivity contribution is 9.10. The summed E-state index contributed by atoms with van der Waals surface area (Å²) in [6.07, 6.45) is 0. The third-order valence-electron chi connectivity index (χ3n) is 2.29. The number of halogens is 5. The average molecular weight is 395 g/mol. The van der Waals surface area contributed by atoms with Crippen molar-refractivity contribution < 1.29 is 30.2 Å². The topological polar surface area (TPSA) is 43.4 Å². The van der Waals surface area contributed by atoms with Crippen molar-refractivity contribution in [3.8, 4) is 5.75 Å². The van der Waals surface area contributed by atoms with Gasteiger partial charge in [-0.25, -0.2) is 4.39 Å². The lowest BCUT2D eigenvalue weighted by atomic mass is 10.3. The van der Waals surface area contributed by atoms with Gasteiger partial charge in [0.1, 0.15) is 5.82 Å². The molecule has 0 radical (unpaired) electrons. The first-order chi connectivity index (χ1) is 8.77. The minimum atomic E-state index is -5.85. The number of hydrogen-bond acceptors (Lipinski definition) is 3. The zero-order chi connectivity index (χ0) is 15.9. The minimum Gasteiger partial charge on any atom is -0.375 e. The van der Waals surface area contributed by atoms with Gasteiger partial charge < -0.3 is 4.18 Å². The quantitative estimate of drug-likeness (QED) is 0.341. The molecule has 0 saturated heterocycles. The lowest BCUT2D eigenvalue weighted by molar-refractivity contribution is -0.0500. The van der Waals surface area contributed by atoms with Crippen molar-refractivity contribution in [3.05, 3.63) is 22.4 Å². The first-order valence-corrected chi connectivity index (χ1v) is 11.0. The summed E-state index contributed by atoms with van der Waals surface area (Å²) in [5.74, 6) is -1.43. The highest BCUT2D eigenvalue weighted by Gasteiger charge is 2.49. The average Bonchev–Trinajstić information content (AvgIpc) is 2.19. The van der Waals surface area contributed by atoms with Gasteiger partial charge in [-0.05, 0) is 28.1 Å². The van der Waals surface area contributed by atoms with Gasteiger partial charge in [0.15, 0.2) is 5.75 Å². The standard InChI is InChI=1S/C10H11BrF4O3SSi/c1-20(2,3)9-7(12)5-4-6(11)8(9)18-19(16,17)10(13,14)15/h4-5H,1-3H3. The van der Waals surface area contributed by atoms with Crippen LogP contribution in [-0.2, 0) is 10.1 Å². The molecule has 10 heteroatoms. The van der Waals surface area contributed by atoms with Gasteiger partial charge in [-0.3, -0.25) is 0 Å². The van der Waals surface area contributed by atoms with Crippen LogP contribution in [0.15, 0.2) is 16.6 Å². The molecular formula is C10H11BrF4O3SSi. The van der Waals surface area contributed by atoms with E-state index < -0.39 is 35.3 Å². The van der Waals surface area contributed by atoms with E-state index in [0.29, 0.717) is 0 Å². The fourth-order valence-electron chi connectivity index (χ4n) is 1.47. The molecule has 0 amide bonds. The van der Waals surface area contributed by atoms with Crippen molar-refractivity contribution >= 4 is 39.3 Å². The maximum atomic E-state index is 13.9. The summed E-state index contributed by atoms with van der Waals surface area (Å²) in [6, 6.07) is 2.14. The zero-order valence-corrected chi connectivity index (χ0v) is 14.1. The van der Waals surface area contributed by atoms with E-state index in [9.17, 15) is 26.0 Å². The summed E-state index contributed by atoms with van der Waals surface area (Å²) in [7, 11) is -8.32. The second kappa shape index (κ2) is 5.30. The summed E-state index contributed by atoms with van der Waals surface area (Å²) in [5, 5.41) is -0.125. The van der Waals surface area contributed by atoms with Gasteiger partial charge in [-0.1, -0.05) is 19.6 Å². The lowest BCUT2D eigenvalue weighted by Crippen LogP contribution is -2.42. The largest absolute Gasteiger partial charge is 0.534 e. The Morgan fingerprint density at radius 3 is 2.10 bits per heavy atom. The molecular weight excluding hydrogens is 384 g/mol. The minimum absolute atomic E-state index is 0.0517. The van der Waals surface area contributed by atoms with Crippen LogP contribution in [0.1, 0.15) is 0 Å². The van der Waals surface area contributed by atoms with Gasteiger partial charge in [0.2, 0.25) is 0 Å². The van der Waals surface area contributed by atoms with E-state index >= 15 is 0 Å². The molecule has 1 aromatic carbocycles. The molecule has 1 rings (SSSR count). The first-order valence-electron chi connectivity index (χ1n) is 5.26. The summed E-state index contributed by atoms with van der Waals surface area (Å²) >= 11 is 2.89. The van der Waals surface area contributed by atoms with Crippen LogP contribution in [0, 0.1) is 5.82 Å². The molecule has 1 aromatic rings. The van der Waals surface area contributed by atoms with E-state index in [0.717, 1.165) is 12.1 Å². The molecule has 0 bridgehead atoms. The molecule has 0 unspecified atom stereocenters. The maximum absolute atomic E-state index is 13.9. The molecule has 0 aliphatic rings. The first kappa shape index (κ1) is 17.4. The third-order valence-corrected chi connectivity index (χ3v) is 5.83. The Balaban J connectivity index is 3.51. The van der Waals surface area contributed by atoms with E-state index in [2.05, 4.69) is 20.1 Å². The van der Waals surface area contributed by atoms with E-state index in [1.165, 1.54) is 0 Å². The molecule has 3 nitrogen and oxygen atoms in total. The maximum Gasteiger partial charge on any atom is 0.534 e. The molecule has 0 aliphatic carbocycles. The summed E-state index contributed by atoms with van der Waals surface area (Å²) in [4.78, 5) is 0. The summed E-state index contributed by atoms with van der Waals surface area (Å²) in [5.41, 5.74) is -5.57. The van der Waals surface area contributed by atoms with Crippen LogP contribution in [0.4, 0.5) is 17.6 Å². The van der Waals surface area contributed by atoms with Crippen LogP contribution in [-0.4, -0.2) is 22.0 Å². The molecule has 0 fully saturated rings. The number of alkyl halides is 3. The van der Waals surface area contributed by atoms with E-state index in [1.807, 2.05) is 0 Å². The Labute approximate surface area is 123 Å². The molecule has 0 atom stereocenters. The van der Waals surface area contributed by atoms with Crippen LogP contribution >= 0.6 is 15.9 Å². The second-order valence-electron chi connectivity index (χ2n) is 4.97. The van der Waals surface area contributed by atoms with Crippen molar-refractivity contribution in [2.45, 2.75) is 25.1 Å². The molecule has 114 valence electrons. The molecule has 0 aliphatic heterocycles. The predicted molar refractivity (Wildman–Crippen MR) is 72.7 cm³/mol. The normalized spacial score (nSPS) is 13.4. The summed E-state index contributed by atoms with van der Waals surface area (Å²) in [6.45, 7) is 4.97. The SMILES string of the molecule is C[Si](C)(C)c1c(F)ccc(Br)c1OS(=O)(=O)C(F)(F)F. The number of hydrogen-bond donors (Lipinski definition) is 0. The number of rotatable bonds is 3. The highest BCUT2D eigenvalue weighted by Crippen LogP contribution is 2.32. The molecule has 0 spiro atoms. The Morgan fingerprint density at radius 1 is 1.20 bits per heavy atom. The van der Waals surface area contributed by atoms with Gasteiger partial charge in [-0.15, -0.1) is 0 Å². The van der Waals surface area contributed by atoms with Crippen LogP contribution < -0.4 is 9.37 Å². The monoisotopic (exact) mass is 394 g/mol. The fraction of sp³-hybridized carbons (Fsp3) is 0.400. The van der Waals surface area contributed by atoms with Crippen molar-refractivity contribution in [1.29, 1.82) is 0 Å². The second-order valence-corrected chi connectivity index (χ2v) is 12.4. The van der Waals surface area contributed by atoms with Crippen molar-refractivity contribution in [1.82, 2.24) is 0 Å². The van der Waals surface area contributed by atoms with Gasteiger partial charge in [0.25, 0.3) is 0 Å². The number of benzene rings is 1. The zero-order valence-electron chi connectivity index (χ0n) is 10.7. The smallest absolute Gasteiger partial charge is 0.375 e. The van der Waals surface area contributed by atoms with Gasteiger partial charge in [0, 0.05) is 5.19 Å². The van der Waals surface area contributed by atoms with E-state index in [1.54, 1.807) is 19.6 Å². The van der Waals surface area contributed by atoms with Crippen molar-refractivity contribution in [2.75, 3.05) is 0 Å². The Morgan fingerprint density at radius 2 is 1.70 bits per heavy atom. The Bertz CT molecular complexity index is 623. The van der Waals surface area contributed by atoms with Crippen LogP contribution in [0.3, 0.4) is 0 Å². The Kier molecular flexibility index (Phi) is 4.62. The highest BCUT2D eigenvalue weighted by atomic mass is 79.9. The summed E-state index contributed by atoms with van der Waals surface area (Å²) < 4.78 is 77.2. The van der Waals surface area contributed by atoms with E-state index in [4.69, 9.17) is 0 Å². The molecule has 0 aromatic heterocycles. The van der Waals surface area contributed by atoms with Crippen molar-refractivity contribution in [3.63, 3.8) is 0 Å². The van der Waals surface area contributed by atoms with Crippen molar-refractivity contribution in [2.24, 2.45) is 0 Å². The molecule has 20 heavy (non-hydrogen) atoms. The third kappa shape index (κ3) is 3.53. The van der Waals surface area contributed by atoms with Crippen LogP contribution in [0.2, 0.25) is 19.6 Å². The van der Waals surface area contributed by atoms with Gasteiger partial charge in [0.05, 0.1) is 12.5 Å². The predicted octanol–water partition coefficient (Wildman–Crippen LogP) is 3.36. The Hall–Kier alpha value is -0.613. The molecule has 0 saturated carbocycles. The van der Waals surface area contributed by atoms with E-state index in [-0.39, 0.29) is 9.66 Å². The van der Waals surface area contributed by atoms with Gasteiger partial charge >= 0.3 is 15.6 Å².